The van der Waals surface area contributed by atoms with Crippen molar-refractivity contribution in [1.82, 2.24) is 20.1 Å². The van der Waals surface area contributed by atoms with E-state index in [-0.39, 0.29) is 12.0 Å². The number of hydrogen-bond donors (Lipinski definition) is 1. The maximum atomic E-state index is 12.4. The van der Waals surface area contributed by atoms with Crippen molar-refractivity contribution >= 4 is 5.91 Å². The number of aryl methyl sites for hydroxylation is 1. The molecular formula is C18H24N4O3. The Balaban J connectivity index is 1.37. The van der Waals surface area contributed by atoms with Crippen LogP contribution in [0, 0.1) is 6.92 Å². The lowest BCUT2D eigenvalue weighted by Gasteiger charge is -2.31. The van der Waals surface area contributed by atoms with Crippen LogP contribution in [0.4, 0.5) is 0 Å². The predicted molar refractivity (Wildman–Crippen MR) is 91.7 cm³/mol. The Morgan fingerprint density at radius 2 is 2.24 bits per heavy atom. The Morgan fingerprint density at radius 1 is 1.40 bits per heavy atom. The molecule has 1 aromatic heterocycles. The van der Waals surface area contributed by atoms with Gasteiger partial charge in [-0.05, 0) is 18.9 Å². The molecule has 1 atom stereocenters. The molecule has 1 fully saturated rings. The van der Waals surface area contributed by atoms with Gasteiger partial charge in [0.15, 0.2) is 5.82 Å². The third-order valence-electron chi connectivity index (χ3n) is 4.11. The molecule has 1 amide bonds. The highest BCUT2D eigenvalue weighted by Gasteiger charge is 2.27. The number of H-pyrrole nitrogens is 1. The monoisotopic (exact) mass is 344 g/mol. The van der Waals surface area contributed by atoms with Gasteiger partial charge in [0.1, 0.15) is 11.9 Å². The maximum absolute atomic E-state index is 12.4. The third kappa shape index (κ3) is 5.11. The minimum absolute atomic E-state index is 0.129. The van der Waals surface area contributed by atoms with Crippen LogP contribution in [0.1, 0.15) is 36.2 Å². The molecule has 0 unspecified atom stereocenters. The number of amides is 1. The molecule has 1 aromatic carbocycles. The molecule has 7 heteroatoms. The van der Waals surface area contributed by atoms with Crippen LogP contribution in [0.25, 0.3) is 0 Å². The number of morpholine rings is 1. The van der Waals surface area contributed by atoms with Gasteiger partial charge in [-0.2, -0.15) is 5.10 Å². The number of benzene rings is 1. The first-order chi connectivity index (χ1) is 12.2. The second-order valence-electron chi connectivity index (χ2n) is 6.12. The Morgan fingerprint density at radius 3 is 3.00 bits per heavy atom. The smallest absolute Gasteiger partial charge is 0.222 e. The average Bonchev–Trinajstić information content (AvgIpc) is 3.09. The van der Waals surface area contributed by atoms with Gasteiger partial charge < -0.3 is 14.4 Å². The third-order valence-corrected chi connectivity index (χ3v) is 4.11. The molecular weight excluding hydrogens is 320 g/mol. The molecule has 1 saturated heterocycles. The topological polar surface area (TPSA) is 80.3 Å². The molecule has 3 rings (SSSR count). The van der Waals surface area contributed by atoms with Gasteiger partial charge in [-0.1, -0.05) is 30.3 Å². The van der Waals surface area contributed by atoms with E-state index in [9.17, 15) is 4.79 Å². The van der Waals surface area contributed by atoms with Gasteiger partial charge in [0.05, 0.1) is 19.8 Å². The van der Waals surface area contributed by atoms with Gasteiger partial charge in [-0.15, -0.1) is 0 Å². The number of rotatable bonds is 7. The molecule has 0 aliphatic carbocycles. The van der Waals surface area contributed by atoms with Gasteiger partial charge in [0.25, 0.3) is 0 Å². The van der Waals surface area contributed by atoms with E-state index in [0.717, 1.165) is 11.4 Å². The quantitative estimate of drug-likeness (QED) is 0.777. The second-order valence-corrected chi connectivity index (χ2v) is 6.12. The Kier molecular flexibility index (Phi) is 6.14. The molecule has 25 heavy (non-hydrogen) atoms. The first-order valence-corrected chi connectivity index (χ1v) is 8.62. The zero-order valence-corrected chi connectivity index (χ0v) is 14.5. The summed E-state index contributed by atoms with van der Waals surface area (Å²) in [5.74, 6) is 1.49. The lowest BCUT2D eigenvalue weighted by Crippen LogP contribution is -2.42. The molecule has 0 bridgehead atoms. The molecule has 7 nitrogen and oxygen atoms in total. The number of carbonyl (C=O) groups excluding carboxylic acids is 1. The molecule has 1 aliphatic heterocycles. The molecule has 1 aliphatic rings. The lowest BCUT2D eigenvalue weighted by atomic mass is 10.2. The number of ether oxygens (including phenoxy) is 2. The van der Waals surface area contributed by atoms with Gasteiger partial charge in [0.2, 0.25) is 5.91 Å². The van der Waals surface area contributed by atoms with Crippen LogP contribution in [0.3, 0.4) is 0 Å². The van der Waals surface area contributed by atoms with Crippen molar-refractivity contribution < 1.29 is 14.3 Å². The normalized spacial score (nSPS) is 17.6. The second kappa shape index (κ2) is 8.73. The van der Waals surface area contributed by atoms with Gasteiger partial charge in [0, 0.05) is 19.6 Å². The van der Waals surface area contributed by atoms with Crippen LogP contribution in [-0.4, -0.2) is 52.3 Å². The fourth-order valence-corrected chi connectivity index (χ4v) is 2.78. The minimum atomic E-state index is -0.253. The van der Waals surface area contributed by atoms with Crippen molar-refractivity contribution in [1.29, 1.82) is 0 Å². The SMILES string of the molecule is Cc1nc([C@@H]2CN(C(=O)CCCOCc3ccccc3)CCO2)n[nH]1. The van der Waals surface area contributed by atoms with Crippen LogP contribution in [0.15, 0.2) is 30.3 Å². The molecule has 2 aromatic rings. The Bertz CT molecular complexity index is 674. The number of nitrogens with one attached hydrogen (secondary N) is 1. The summed E-state index contributed by atoms with van der Waals surface area (Å²) in [6.07, 6.45) is 0.944. The first-order valence-electron chi connectivity index (χ1n) is 8.62. The summed E-state index contributed by atoms with van der Waals surface area (Å²) in [4.78, 5) is 18.5. The standard InChI is InChI=1S/C18H24N4O3/c1-14-19-18(21-20-14)16-12-22(9-11-25-16)17(23)8-5-10-24-13-15-6-3-2-4-7-15/h2-4,6-7,16H,5,8-13H2,1H3,(H,19,20,21)/t16-/m0/s1. The van der Waals surface area contributed by atoms with E-state index in [1.807, 2.05) is 42.2 Å². The zero-order valence-electron chi connectivity index (χ0n) is 14.5. The fraction of sp³-hybridized carbons (Fsp3) is 0.500. The number of aromatic nitrogens is 3. The summed E-state index contributed by atoms with van der Waals surface area (Å²) >= 11 is 0. The molecule has 0 saturated carbocycles. The van der Waals surface area contributed by atoms with Crippen LogP contribution in [0.5, 0.6) is 0 Å². The molecule has 134 valence electrons. The van der Waals surface area contributed by atoms with Gasteiger partial charge in [-0.3, -0.25) is 9.89 Å². The minimum Gasteiger partial charge on any atom is -0.377 e. The number of hydrogen-bond acceptors (Lipinski definition) is 5. The Labute approximate surface area is 147 Å². The molecule has 2 heterocycles. The van der Waals surface area contributed by atoms with E-state index in [2.05, 4.69) is 15.2 Å². The number of aromatic amines is 1. The fourth-order valence-electron chi connectivity index (χ4n) is 2.78. The summed E-state index contributed by atoms with van der Waals surface area (Å²) in [5.41, 5.74) is 1.15. The average molecular weight is 344 g/mol. The highest BCUT2D eigenvalue weighted by Crippen LogP contribution is 2.19. The van der Waals surface area contributed by atoms with Crippen LogP contribution in [0.2, 0.25) is 0 Å². The van der Waals surface area contributed by atoms with Crippen molar-refractivity contribution in [3.05, 3.63) is 47.5 Å². The lowest BCUT2D eigenvalue weighted by molar-refractivity contribution is -0.139. The highest BCUT2D eigenvalue weighted by atomic mass is 16.5. The van der Waals surface area contributed by atoms with Crippen molar-refractivity contribution in [2.45, 2.75) is 32.5 Å². The molecule has 0 spiro atoms. The van der Waals surface area contributed by atoms with Crippen molar-refractivity contribution in [3.8, 4) is 0 Å². The summed E-state index contributed by atoms with van der Waals surface area (Å²) in [6.45, 7) is 4.63. The maximum Gasteiger partial charge on any atom is 0.222 e. The van der Waals surface area contributed by atoms with Crippen molar-refractivity contribution in [2.75, 3.05) is 26.3 Å². The van der Waals surface area contributed by atoms with E-state index in [1.54, 1.807) is 0 Å². The van der Waals surface area contributed by atoms with Crippen molar-refractivity contribution in [3.63, 3.8) is 0 Å². The van der Waals surface area contributed by atoms with Crippen LogP contribution >= 0.6 is 0 Å². The van der Waals surface area contributed by atoms with Crippen molar-refractivity contribution in [2.24, 2.45) is 0 Å². The van der Waals surface area contributed by atoms with E-state index in [4.69, 9.17) is 9.47 Å². The number of carbonyl (C=O) groups is 1. The predicted octanol–water partition coefficient (Wildman–Crippen LogP) is 2.01. The van der Waals surface area contributed by atoms with Crippen LogP contribution in [-0.2, 0) is 20.9 Å². The Hall–Kier alpha value is -2.25. The largest absolute Gasteiger partial charge is 0.377 e. The molecule has 1 N–H and O–H groups in total. The summed E-state index contributed by atoms with van der Waals surface area (Å²) < 4.78 is 11.3. The van der Waals surface area contributed by atoms with Gasteiger partial charge in [-0.25, -0.2) is 4.98 Å². The van der Waals surface area contributed by atoms with Crippen LogP contribution < -0.4 is 0 Å². The summed E-state index contributed by atoms with van der Waals surface area (Å²) in [6, 6.07) is 10.0. The van der Waals surface area contributed by atoms with E-state index in [1.165, 1.54) is 0 Å². The number of nitrogens with zero attached hydrogens (tertiary/aromatic N) is 3. The van der Waals surface area contributed by atoms with E-state index >= 15 is 0 Å². The zero-order chi connectivity index (χ0) is 17.5. The summed E-state index contributed by atoms with van der Waals surface area (Å²) in [5, 5.41) is 6.94. The first kappa shape index (κ1) is 17.6. The van der Waals surface area contributed by atoms with E-state index in [0.29, 0.717) is 51.6 Å². The molecule has 0 radical (unpaired) electrons. The highest BCUT2D eigenvalue weighted by molar-refractivity contribution is 5.76. The van der Waals surface area contributed by atoms with Gasteiger partial charge >= 0.3 is 0 Å². The van der Waals surface area contributed by atoms with E-state index < -0.39 is 0 Å². The summed E-state index contributed by atoms with van der Waals surface area (Å²) in [7, 11) is 0.